The highest BCUT2D eigenvalue weighted by Gasteiger charge is 2.34. The molecule has 0 saturated carbocycles. The zero-order valence-electron chi connectivity index (χ0n) is 22.2. The third-order valence-electron chi connectivity index (χ3n) is 6.92. The van der Waals surface area contributed by atoms with Gasteiger partial charge >= 0.3 is 11.8 Å². The van der Waals surface area contributed by atoms with E-state index in [9.17, 15) is 14.7 Å². The molecule has 40 heavy (non-hydrogen) atoms. The van der Waals surface area contributed by atoms with Crippen LogP contribution in [0.15, 0.2) is 95.7 Å². The van der Waals surface area contributed by atoms with Gasteiger partial charge < -0.3 is 32.7 Å². The van der Waals surface area contributed by atoms with Gasteiger partial charge in [-0.1, -0.05) is 30.3 Å². The molecule has 2 heterocycles. The van der Waals surface area contributed by atoms with Gasteiger partial charge in [0.05, 0.1) is 6.92 Å². The Hall–Kier alpha value is -4.54. The number of ether oxygens (including phenoxy) is 1. The molecule has 10 heteroatoms. The second-order valence-corrected chi connectivity index (χ2v) is 9.95. The number of benzene rings is 3. The second-order valence-electron chi connectivity index (χ2n) is 9.57. The Bertz CT molecular complexity index is 1540. The lowest BCUT2D eigenvalue weighted by Gasteiger charge is -2.32. The molecule has 2 unspecified atom stereocenters. The fraction of sp³-hybridized carbons (Fsp3) is 0.200. The minimum Gasteiger partial charge on any atom is -0.693 e. The zero-order valence-corrected chi connectivity index (χ0v) is 23.0. The van der Waals surface area contributed by atoms with E-state index in [1.165, 1.54) is 6.92 Å². The highest BCUT2D eigenvalue weighted by Crippen LogP contribution is 2.30. The number of hydrogen-bond donors (Lipinski definition) is 3. The van der Waals surface area contributed by atoms with Gasteiger partial charge in [0, 0.05) is 63.3 Å². The van der Waals surface area contributed by atoms with Crippen LogP contribution in [0, 0.1) is 0 Å². The van der Waals surface area contributed by atoms with Crippen LogP contribution < -0.4 is 19.9 Å². The summed E-state index contributed by atoms with van der Waals surface area (Å²) >= 11 is 5.61. The highest BCUT2D eigenvalue weighted by atomic mass is 32.1. The average molecular weight is 557 g/mol. The summed E-state index contributed by atoms with van der Waals surface area (Å²) in [5, 5.41) is 18.1. The summed E-state index contributed by atoms with van der Waals surface area (Å²) in [6.45, 7) is 3.69. The topological polar surface area (TPSA) is 98.7 Å². The Morgan fingerprint density at radius 3 is 2.65 bits per heavy atom. The van der Waals surface area contributed by atoms with Crippen LogP contribution in [-0.4, -0.2) is 45.3 Å². The molecule has 0 saturated heterocycles. The summed E-state index contributed by atoms with van der Waals surface area (Å²) < 4.78 is 7.82. The van der Waals surface area contributed by atoms with Crippen LogP contribution in [0.5, 0.6) is 5.75 Å². The normalized spacial score (nSPS) is 18.7. The van der Waals surface area contributed by atoms with E-state index in [0.29, 0.717) is 35.0 Å². The van der Waals surface area contributed by atoms with Gasteiger partial charge in [0.15, 0.2) is 17.7 Å². The molecular weight excluding hydrogens is 526 g/mol. The number of nitrogens with one attached hydrogen (secondary N) is 2. The maximum Gasteiger partial charge on any atom is 0.379 e. The van der Waals surface area contributed by atoms with E-state index in [1.807, 2.05) is 78.3 Å². The van der Waals surface area contributed by atoms with Crippen molar-refractivity contribution >= 4 is 58.1 Å². The van der Waals surface area contributed by atoms with Crippen molar-refractivity contribution in [3.63, 3.8) is 0 Å². The molecule has 0 bridgehead atoms. The Balaban J connectivity index is 1.28. The monoisotopic (exact) mass is 556 g/mol. The number of ketones is 1. The molecule has 0 amide bonds. The van der Waals surface area contributed by atoms with E-state index in [-0.39, 0.29) is 12.5 Å². The summed E-state index contributed by atoms with van der Waals surface area (Å²) in [4.78, 5) is 26.3. The predicted octanol–water partition coefficient (Wildman–Crippen LogP) is 3.77. The third-order valence-corrected chi connectivity index (χ3v) is 7.21. The van der Waals surface area contributed by atoms with Crippen LogP contribution in [0.4, 0.5) is 22.7 Å². The molecule has 9 nitrogen and oxygen atoms in total. The van der Waals surface area contributed by atoms with Crippen molar-refractivity contribution < 1.29 is 29.0 Å². The summed E-state index contributed by atoms with van der Waals surface area (Å²) in [5.74, 6) is 0.541. The SMILES string of the molecule is CC(=O)C1=CN(c2cccc(OCNc3cccc([NH+]4C([S-])=N[N+](c5ccccc5)=C4C)c3)c2)C(C(=O)O)CC1. The van der Waals surface area contributed by atoms with Gasteiger partial charge in [-0.25, -0.2) is 4.79 Å². The molecule has 3 aromatic rings. The molecule has 204 valence electrons. The number of quaternary nitrogens is 1. The van der Waals surface area contributed by atoms with Crippen molar-refractivity contribution in [1.82, 2.24) is 0 Å². The van der Waals surface area contributed by atoms with E-state index in [0.717, 1.165) is 27.8 Å². The van der Waals surface area contributed by atoms with Gasteiger partial charge in [-0.3, -0.25) is 4.79 Å². The molecule has 2 atom stereocenters. The molecular formula is C30H30N5O4S+. The number of anilines is 2. The predicted molar refractivity (Wildman–Crippen MR) is 156 cm³/mol. The molecule has 0 aromatic heterocycles. The molecule has 3 N–H and O–H groups in total. The minimum absolute atomic E-state index is 0.0570. The lowest BCUT2D eigenvalue weighted by Crippen LogP contribution is -3.11. The fourth-order valence-electron chi connectivity index (χ4n) is 4.87. The first-order valence-corrected chi connectivity index (χ1v) is 13.3. The first-order chi connectivity index (χ1) is 19.3. The van der Waals surface area contributed by atoms with E-state index in [1.54, 1.807) is 23.2 Å². The lowest BCUT2D eigenvalue weighted by atomic mass is 9.97. The number of rotatable bonds is 9. The van der Waals surface area contributed by atoms with Gasteiger partial charge in [-0.05, 0) is 38.0 Å². The molecule has 2 aliphatic rings. The standard InChI is InChI=1S/C30H29N5O4S/c1-20(36)22-14-15-28(29(37)38)33(18-22)25-11-7-13-27(17-25)39-19-31-23-8-6-12-26(16-23)34-21(2)35(32-30(34)40)24-9-4-3-5-10-24/h3-13,16-18,28,31H,14-15,19H2,1-2H3,(H-,32,37,38,40)/p+1. The van der Waals surface area contributed by atoms with Crippen LogP contribution in [0.2, 0.25) is 0 Å². The van der Waals surface area contributed by atoms with E-state index >= 15 is 0 Å². The van der Waals surface area contributed by atoms with Crippen molar-refractivity contribution in [2.24, 2.45) is 5.10 Å². The summed E-state index contributed by atoms with van der Waals surface area (Å²) in [5.41, 5.74) is 4.02. The molecule has 0 aliphatic carbocycles. The Morgan fingerprint density at radius 2 is 1.90 bits per heavy atom. The van der Waals surface area contributed by atoms with Crippen LogP contribution >= 0.6 is 0 Å². The third kappa shape index (κ3) is 5.73. The smallest absolute Gasteiger partial charge is 0.379 e. The Labute approximate surface area is 238 Å². The average Bonchev–Trinajstić information content (AvgIpc) is 3.26. The van der Waals surface area contributed by atoms with E-state index in [4.69, 9.17) is 17.4 Å². The van der Waals surface area contributed by atoms with Crippen molar-refractivity contribution in [3.8, 4) is 5.75 Å². The fourth-order valence-corrected chi connectivity index (χ4v) is 5.22. The van der Waals surface area contributed by atoms with Crippen molar-refractivity contribution in [1.29, 1.82) is 0 Å². The Morgan fingerprint density at radius 1 is 1.12 bits per heavy atom. The zero-order chi connectivity index (χ0) is 28.2. The number of para-hydroxylation sites is 1. The number of hydrogen-bond acceptors (Lipinski definition) is 7. The maximum atomic E-state index is 11.9. The van der Waals surface area contributed by atoms with E-state index in [2.05, 4.69) is 10.4 Å². The number of carbonyl (C=O) groups is 2. The van der Waals surface area contributed by atoms with Crippen molar-refractivity contribution in [3.05, 3.63) is 90.6 Å². The largest absolute Gasteiger partial charge is 0.693 e. The van der Waals surface area contributed by atoms with Crippen molar-refractivity contribution in [2.45, 2.75) is 32.7 Å². The van der Waals surface area contributed by atoms with Crippen LogP contribution in [-0.2, 0) is 22.2 Å². The number of Topliss-reactive ketones (excluding diaryl/α,β-unsaturated/α-hetero) is 1. The first-order valence-electron chi connectivity index (χ1n) is 12.9. The van der Waals surface area contributed by atoms with Gasteiger partial charge in [-0.2, -0.15) is 4.90 Å². The summed E-state index contributed by atoms with van der Waals surface area (Å²) in [6, 6.07) is 24.3. The van der Waals surface area contributed by atoms with E-state index < -0.39 is 12.0 Å². The van der Waals surface area contributed by atoms with Crippen LogP contribution in [0.25, 0.3) is 0 Å². The number of carboxylic acids is 1. The van der Waals surface area contributed by atoms with Crippen LogP contribution in [0.3, 0.4) is 0 Å². The lowest BCUT2D eigenvalue weighted by molar-refractivity contribution is -0.637. The molecule has 5 rings (SSSR count). The quantitative estimate of drug-likeness (QED) is 0.210. The number of aliphatic carboxylic acids is 1. The maximum absolute atomic E-state index is 11.9. The molecule has 0 radical (unpaired) electrons. The molecule has 3 aromatic carbocycles. The summed E-state index contributed by atoms with van der Waals surface area (Å²) in [6.07, 6.45) is 2.45. The van der Waals surface area contributed by atoms with Gasteiger partial charge in [0.1, 0.15) is 17.5 Å². The number of carboxylic acid groups (broad SMARTS) is 1. The number of nitrogens with zero attached hydrogens (tertiary/aromatic N) is 3. The number of carbonyl (C=O) groups excluding carboxylic acids is 1. The minimum atomic E-state index is -0.932. The number of amidine groups is 2. The molecule has 0 spiro atoms. The Kier molecular flexibility index (Phi) is 7.90. The molecule has 2 aliphatic heterocycles. The van der Waals surface area contributed by atoms with Crippen molar-refractivity contribution in [2.75, 3.05) is 16.9 Å². The number of allylic oxidation sites excluding steroid dienone is 1. The highest BCUT2D eigenvalue weighted by molar-refractivity contribution is 7.76. The first kappa shape index (κ1) is 27.0. The van der Waals surface area contributed by atoms with Gasteiger partial charge in [0.25, 0.3) is 0 Å². The summed E-state index contributed by atoms with van der Waals surface area (Å²) in [7, 11) is 0. The molecule has 0 fully saturated rings. The van der Waals surface area contributed by atoms with Gasteiger partial charge in [0.2, 0.25) is 5.69 Å². The second kappa shape index (κ2) is 11.7. The van der Waals surface area contributed by atoms with Gasteiger partial charge in [-0.15, -0.1) is 0 Å². The van der Waals surface area contributed by atoms with Crippen LogP contribution in [0.1, 0.15) is 26.7 Å². The number of hydrazone groups is 1.